The Labute approximate surface area is 305 Å². The zero-order valence-electron chi connectivity index (χ0n) is 28.5. The van der Waals surface area contributed by atoms with E-state index in [1.165, 1.54) is 13.2 Å². The fraction of sp³-hybridized carbons (Fsp3) is 0.514. The number of hydrogen-bond acceptors (Lipinski definition) is 12. The van der Waals surface area contributed by atoms with Gasteiger partial charge in [0.15, 0.2) is 12.0 Å². The first-order valence-electron chi connectivity index (χ1n) is 16.9. The number of halogens is 2. The quantitative estimate of drug-likeness (QED) is 0.0751. The molecule has 0 amide bonds. The lowest BCUT2D eigenvalue weighted by atomic mass is 9.99. The molecule has 16 heteroatoms. The molecule has 3 heterocycles. The number of carbonyl (C=O) groups is 2. The summed E-state index contributed by atoms with van der Waals surface area (Å²) in [4.78, 5) is 28.4. The van der Waals surface area contributed by atoms with Crippen LogP contribution >= 0.6 is 23.2 Å². The molecule has 1 saturated heterocycles. The zero-order chi connectivity index (χ0) is 36.5. The molecule has 1 aliphatic rings. The Hall–Kier alpha value is -3.63. The second-order valence-corrected chi connectivity index (χ2v) is 13.2. The number of aliphatic hydroxyl groups is 3. The molecule has 1 fully saturated rings. The first-order chi connectivity index (χ1) is 24.6. The number of esters is 1. The van der Waals surface area contributed by atoms with Gasteiger partial charge in [-0.25, -0.2) is 9.78 Å². The summed E-state index contributed by atoms with van der Waals surface area (Å²) < 4.78 is 25.9. The van der Waals surface area contributed by atoms with Gasteiger partial charge in [-0.1, -0.05) is 53.4 Å². The monoisotopic (exact) mass is 747 g/mol. The van der Waals surface area contributed by atoms with E-state index in [4.69, 9.17) is 47.1 Å². The normalized spacial score (nSPS) is 20.5. The molecule has 0 radical (unpaired) electrons. The molecule has 5 atom stereocenters. The minimum atomic E-state index is -1.56. The number of ether oxygens (including phenoxy) is 4. The number of unbranched alkanes of at least 4 members (excludes halogenated alkanes) is 4. The lowest BCUT2D eigenvalue weighted by molar-refractivity contribution is -0.294. The van der Waals surface area contributed by atoms with Gasteiger partial charge in [0, 0.05) is 32.8 Å². The molecule has 5 rings (SSSR count). The number of imidazole rings is 1. The van der Waals surface area contributed by atoms with E-state index in [-0.39, 0.29) is 28.0 Å². The van der Waals surface area contributed by atoms with Crippen LogP contribution in [0.4, 0.5) is 0 Å². The van der Waals surface area contributed by atoms with Gasteiger partial charge in [0.05, 0.1) is 32.3 Å². The van der Waals surface area contributed by atoms with Crippen LogP contribution < -0.4 is 4.74 Å². The molecule has 1 aliphatic heterocycles. The van der Waals surface area contributed by atoms with Crippen molar-refractivity contribution in [1.82, 2.24) is 24.5 Å². The van der Waals surface area contributed by atoms with Crippen LogP contribution in [-0.4, -0.2) is 96.5 Å². The lowest BCUT2D eigenvalue weighted by Crippen LogP contribution is -2.59. The van der Waals surface area contributed by atoms with Crippen molar-refractivity contribution in [2.75, 3.05) is 13.7 Å². The van der Waals surface area contributed by atoms with Crippen molar-refractivity contribution in [3.8, 4) is 5.75 Å². The maximum Gasteiger partial charge on any atom is 0.338 e. The molecule has 0 spiro atoms. The number of methoxy groups -OCH3 is 1. The van der Waals surface area contributed by atoms with Gasteiger partial charge in [-0.2, -0.15) is 0 Å². The summed E-state index contributed by atoms with van der Waals surface area (Å²) in [5.41, 5.74) is 3.23. The van der Waals surface area contributed by atoms with E-state index < -0.39 is 43.3 Å². The SMILES string of the molecule is CO[C@H]1O[C@H](COC(=O)c2cc(Cl)c(OCc3nc4ccccc4n3CCCCCCc3cn(CCCC=O)nn3)c(Cl)c2C)[C@@H](O)[C@H](O)[C@H]1O. The molecule has 0 bridgehead atoms. The number of carbonyl (C=O) groups excluding carboxylic acids is 2. The van der Waals surface area contributed by atoms with Crippen molar-refractivity contribution >= 4 is 46.5 Å². The highest BCUT2D eigenvalue weighted by Gasteiger charge is 2.44. The molecule has 0 aliphatic carbocycles. The maximum atomic E-state index is 13.0. The Morgan fingerprint density at radius 2 is 1.82 bits per heavy atom. The molecule has 2 aromatic heterocycles. The van der Waals surface area contributed by atoms with E-state index in [2.05, 4.69) is 14.9 Å². The van der Waals surface area contributed by atoms with Crippen molar-refractivity contribution in [2.24, 2.45) is 0 Å². The number of nitrogens with zero attached hydrogens (tertiary/aromatic N) is 5. The molecular weight excluding hydrogens is 705 g/mol. The van der Waals surface area contributed by atoms with Crippen molar-refractivity contribution in [2.45, 2.75) is 102 Å². The van der Waals surface area contributed by atoms with Gasteiger partial charge >= 0.3 is 5.97 Å². The number of aliphatic hydroxyl groups excluding tert-OH is 3. The average molecular weight is 749 g/mol. The van der Waals surface area contributed by atoms with E-state index in [1.54, 1.807) is 11.6 Å². The van der Waals surface area contributed by atoms with Crippen LogP contribution in [-0.2, 0) is 45.1 Å². The summed E-state index contributed by atoms with van der Waals surface area (Å²) in [5.74, 6) is 0.105. The summed E-state index contributed by atoms with van der Waals surface area (Å²) in [7, 11) is 1.27. The topological polar surface area (TPSA) is 180 Å². The van der Waals surface area contributed by atoms with Gasteiger partial charge in [0.2, 0.25) is 0 Å². The minimum Gasteiger partial charge on any atom is -0.483 e. The van der Waals surface area contributed by atoms with Crippen LogP contribution in [0.3, 0.4) is 0 Å². The Bertz CT molecular complexity index is 1780. The zero-order valence-corrected chi connectivity index (χ0v) is 30.0. The van der Waals surface area contributed by atoms with Gasteiger partial charge < -0.3 is 43.6 Å². The number of aldehydes is 1. The third-order valence-corrected chi connectivity index (χ3v) is 9.59. The minimum absolute atomic E-state index is 0.0750. The Morgan fingerprint density at radius 1 is 1.04 bits per heavy atom. The summed E-state index contributed by atoms with van der Waals surface area (Å²) in [6.07, 6.45) is 2.05. The Kier molecular flexibility index (Phi) is 13.8. The summed E-state index contributed by atoms with van der Waals surface area (Å²) >= 11 is 13.3. The van der Waals surface area contributed by atoms with Crippen LogP contribution in [0.5, 0.6) is 5.75 Å². The fourth-order valence-corrected chi connectivity index (χ4v) is 6.54. The third kappa shape index (κ3) is 9.43. The number of hydrogen-bond donors (Lipinski definition) is 3. The predicted molar refractivity (Wildman–Crippen MR) is 187 cm³/mol. The number of para-hydroxylation sites is 2. The van der Waals surface area contributed by atoms with Crippen LogP contribution in [0, 0.1) is 6.92 Å². The predicted octanol–water partition coefficient (Wildman–Crippen LogP) is 4.22. The number of rotatable bonds is 18. The van der Waals surface area contributed by atoms with Crippen LogP contribution in [0.25, 0.3) is 11.0 Å². The Balaban J connectivity index is 1.17. The lowest BCUT2D eigenvalue weighted by Gasteiger charge is -2.39. The van der Waals surface area contributed by atoms with E-state index in [0.29, 0.717) is 24.4 Å². The number of aryl methyl sites for hydroxylation is 3. The first kappa shape index (κ1) is 38.6. The van der Waals surface area contributed by atoms with Crippen LogP contribution in [0.1, 0.15) is 66.0 Å². The van der Waals surface area contributed by atoms with Gasteiger partial charge in [0.25, 0.3) is 0 Å². The van der Waals surface area contributed by atoms with Crippen molar-refractivity contribution in [3.63, 3.8) is 0 Å². The second kappa shape index (κ2) is 18.2. The molecular formula is C35H43Cl2N5O9. The van der Waals surface area contributed by atoms with Gasteiger partial charge in [-0.05, 0) is 56.4 Å². The first-order valence-corrected chi connectivity index (χ1v) is 17.7. The van der Waals surface area contributed by atoms with Crippen molar-refractivity contribution in [3.05, 3.63) is 69.2 Å². The van der Waals surface area contributed by atoms with Gasteiger partial charge in [0.1, 0.15) is 49.7 Å². The largest absolute Gasteiger partial charge is 0.483 e. The molecule has 14 nitrogen and oxygen atoms in total. The second-order valence-electron chi connectivity index (χ2n) is 12.4. The molecule has 0 unspecified atom stereocenters. The maximum absolute atomic E-state index is 13.0. The highest BCUT2D eigenvalue weighted by Crippen LogP contribution is 2.38. The van der Waals surface area contributed by atoms with Crippen molar-refractivity contribution < 1.29 is 43.9 Å². The van der Waals surface area contributed by atoms with Gasteiger partial charge in [-0.3, -0.25) is 4.68 Å². The highest BCUT2D eigenvalue weighted by molar-refractivity contribution is 6.38. The molecule has 51 heavy (non-hydrogen) atoms. The van der Waals surface area contributed by atoms with Crippen molar-refractivity contribution in [1.29, 1.82) is 0 Å². The van der Waals surface area contributed by atoms with E-state index in [9.17, 15) is 24.9 Å². The van der Waals surface area contributed by atoms with Crippen LogP contribution in [0.2, 0.25) is 10.0 Å². The Morgan fingerprint density at radius 3 is 2.61 bits per heavy atom. The standard InChI is InChI=1S/C35H43Cl2N5O9/c1-21-23(34(47)50-19-27-30(44)31(45)32(46)35(48-2)51-27)17-24(36)33(29(21)37)49-20-28-38-25-12-6-7-13-26(25)42(28)15-8-4-3-5-11-22-18-41(40-39-22)14-9-10-16-43/h6-7,12-13,16-18,27,30-32,35,44-46H,3-5,8-11,14-15,19-20H2,1-2H3/t27-,30-,31+,32-,35+/m1/s1. The molecule has 2 aromatic carbocycles. The average Bonchev–Trinajstić information content (AvgIpc) is 3.73. The summed E-state index contributed by atoms with van der Waals surface area (Å²) in [6, 6.07) is 9.26. The van der Waals surface area contributed by atoms with Crippen LogP contribution in [0.15, 0.2) is 36.5 Å². The number of benzene rings is 2. The fourth-order valence-electron chi connectivity index (χ4n) is 5.97. The molecule has 3 N–H and O–H groups in total. The van der Waals surface area contributed by atoms with Gasteiger partial charge in [-0.15, -0.1) is 5.10 Å². The third-order valence-electron chi connectivity index (χ3n) is 8.86. The van der Waals surface area contributed by atoms with E-state index in [0.717, 1.165) is 68.1 Å². The molecule has 4 aromatic rings. The molecule has 276 valence electrons. The highest BCUT2D eigenvalue weighted by atomic mass is 35.5. The van der Waals surface area contributed by atoms with E-state index in [1.807, 2.05) is 30.5 Å². The number of fused-ring (bicyclic) bond motifs is 1. The number of aromatic nitrogens is 5. The summed E-state index contributed by atoms with van der Waals surface area (Å²) in [5, 5.41) is 39.0. The summed E-state index contributed by atoms with van der Waals surface area (Å²) in [6.45, 7) is 2.69. The van der Waals surface area contributed by atoms with E-state index >= 15 is 0 Å². The smallest absolute Gasteiger partial charge is 0.338 e. The molecule has 0 saturated carbocycles.